The minimum atomic E-state index is 0.417. The summed E-state index contributed by atoms with van der Waals surface area (Å²) in [4.78, 5) is 0. The third kappa shape index (κ3) is 3.34. The summed E-state index contributed by atoms with van der Waals surface area (Å²) in [5, 5.41) is 0. The zero-order valence-electron chi connectivity index (χ0n) is 10.2. The van der Waals surface area contributed by atoms with Gasteiger partial charge in [0.25, 0.3) is 0 Å². The van der Waals surface area contributed by atoms with Crippen LogP contribution < -0.4 is 0 Å². The van der Waals surface area contributed by atoms with Crippen molar-refractivity contribution in [2.45, 2.75) is 51.7 Å². The Kier molecular flexibility index (Phi) is 4.41. The SMILES string of the molecule is CC(OCc1ccccc1)C1CCCCC1. The lowest BCUT2D eigenvalue weighted by Crippen LogP contribution is -2.22. The smallest absolute Gasteiger partial charge is 0.0720 e. The third-order valence-corrected chi connectivity index (χ3v) is 3.67. The molecule has 0 aromatic heterocycles. The average Bonchev–Trinajstić information content (AvgIpc) is 2.38. The van der Waals surface area contributed by atoms with Crippen LogP contribution in [0.3, 0.4) is 0 Å². The number of ether oxygens (including phenoxy) is 1. The quantitative estimate of drug-likeness (QED) is 0.737. The van der Waals surface area contributed by atoms with Crippen LogP contribution in [-0.2, 0) is 11.3 Å². The molecule has 1 atom stereocenters. The van der Waals surface area contributed by atoms with Crippen molar-refractivity contribution in [1.82, 2.24) is 0 Å². The first-order chi connectivity index (χ1) is 7.86. The first-order valence-corrected chi connectivity index (χ1v) is 6.52. The summed E-state index contributed by atoms with van der Waals surface area (Å²) in [6.45, 7) is 3.00. The molecule has 0 saturated heterocycles. The van der Waals surface area contributed by atoms with Gasteiger partial charge in [-0.25, -0.2) is 0 Å². The van der Waals surface area contributed by atoms with E-state index in [0.29, 0.717) is 6.10 Å². The van der Waals surface area contributed by atoms with Gasteiger partial charge in [0.1, 0.15) is 0 Å². The van der Waals surface area contributed by atoms with Crippen LogP contribution in [-0.4, -0.2) is 6.10 Å². The summed E-state index contributed by atoms with van der Waals surface area (Å²) in [5.41, 5.74) is 1.28. The largest absolute Gasteiger partial charge is 0.374 e. The minimum absolute atomic E-state index is 0.417. The normalized spacial score (nSPS) is 19.6. The maximum atomic E-state index is 5.97. The van der Waals surface area contributed by atoms with Crippen LogP contribution >= 0.6 is 0 Å². The van der Waals surface area contributed by atoms with E-state index >= 15 is 0 Å². The van der Waals surface area contributed by atoms with E-state index in [1.54, 1.807) is 0 Å². The fourth-order valence-corrected chi connectivity index (χ4v) is 2.54. The van der Waals surface area contributed by atoms with Crippen molar-refractivity contribution >= 4 is 0 Å². The minimum Gasteiger partial charge on any atom is -0.374 e. The topological polar surface area (TPSA) is 9.23 Å². The Morgan fingerprint density at radius 3 is 2.50 bits per heavy atom. The predicted octanol–water partition coefficient (Wildman–Crippen LogP) is 4.17. The summed E-state index contributed by atoms with van der Waals surface area (Å²) < 4.78 is 5.97. The van der Waals surface area contributed by atoms with E-state index in [1.165, 1.54) is 37.7 Å². The van der Waals surface area contributed by atoms with Crippen LogP contribution in [0.1, 0.15) is 44.6 Å². The molecule has 0 aliphatic heterocycles. The van der Waals surface area contributed by atoms with Gasteiger partial charge in [-0.3, -0.25) is 0 Å². The van der Waals surface area contributed by atoms with Crippen LogP contribution in [0.2, 0.25) is 0 Å². The summed E-state index contributed by atoms with van der Waals surface area (Å²) >= 11 is 0. The van der Waals surface area contributed by atoms with Gasteiger partial charge in [0.15, 0.2) is 0 Å². The molecule has 1 nitrogen and oxygen atoms in total. The van der Waals surface area contributed by atoms with Crippen molar-refractivity contribution in [3.05, 3.63) is 35.9 Å². The molecule has 1 aromatic rings. The lowest BCUT2D eigenvalue weighted by molar-refractivity contribution is 0.00207. The highest BCUT2D eigenvalue weighted by atomic mass is 16.5. The fraction of sp³-hybridized carbons (Fsp3) is 0.600. The number of rotatable bonds is 4. The number of hydrogen-bond acceptors (Lipinski definition) is 1. The Bertz CT molecular complexity index is 288. The second kappa shape index (κ2) is 6.05. The highest BCUT2D eigenvalue weighted by Crippen LogP contribution is 2.28. The van der Waals surface area contributed by atoms with Crippen LogP contribution in [0.15, 0.2) is 30.3 Å². The summed E-state index contributed by atoms with van der Waals surface area (Å²) in [6.07, 6.45) is 7.34. The molecule has 0 amide bonds. The Hall–Kier alpha value is -0.820. The molecule has 0 spiro atoms. The molecular weight excluding hydrogens is 196 g/mol. The first kappa shape index (κ1) is 11.7. The van der Waals surface area contributed by atoms with E-state index in [9.17, 15) is 0 Å². The highest BCUT2D eigenvalue weighted by Gasteiger charge is 2.20. The highest BCUT2D eigenvalue weighted by molar-refractivity contribution is 5.13. The Morgan fingerprint density at radius 2 is 1.81 bits per heavy atom. The van der Waals surface area contributed by atoms with Gasteiger partial charge in [0.05, 0.1) is 12.7 Å². The zero-order valence-corrected chi connectivity index (χ0v) is 10.2. The third-order valence-electron chi connectivity index (χ3n) is 3.67. The van der Waals surface area contributed by atoms with Gasteiger partial charge in [-0.15, -0.1) is 0 Å². The molecule has 0 heterocycles. The van der Waals surface area contributed by atoms with Gasteiger partial charge in [0.2, 0.25) is 0 Å². The number of hydrogen-bond donors (Lipinski definition) is 0. The van der Waals surface area contributed by atoms with Crippen LogP contribution in [0.4, 0.5) is 0 Å². The molecule has 0 radical (unpaired) electrons. The van der Waals surface area contributed by atoms with Crippen LogP contribution in [0, 0.1) is 5.92 Å². The molecule has 1 aliphatic carbocycles. The van der Waals surface area contributed by atoms with E-state index in [4.69, 9.17) is 4.74 Å². The van der Waals surface area contributed by atoms with Crippen molar-refractivity contribution in [3.8, 4) is 0 Å². The maximum absolute atomic E-state index is 5.97. The Labute approximate surface area is 98.8 Å². The molecule has 1 heteroatoms. The van der Waals surface area contributed by atoms with Gasteiger partial charge in [0, 0.05) is 0 Å². The van der Waals surface area contributed by atoms with Gasteiger partial charge < -0.3 is 4.74 Å². The molecule has 1 saturated carbocycles. The second-order valence-electron chi connectivity index (χ2n) is 4.90. The van der Waals surface area contributed by atoms with E-state index < -0.39 is 0 Å². The molecule has 2 rings (SSSR count). The predicted molar refractivity (Wildman–Crippen MR) is 67.3 cm³/mol. The number of benzene rings is 1. The van der Waals surface area contributed by atoms with Gasteiger partial charge in [-0.1, -0.05) is 49.6 Å². The van der Waals surface area contributed by atoms with Crippen molar-refractivity contribution in [2.75, 3.05) is 0 Å². The average molecular weight is 218 g/mol. The van der Waals surface area contributed by atoms with Gasteiger partial charge in [-0.05, 0) is 31.2 Å². The van der Waals surface area contributed by atoms with E-state index in [1.807, 2.05) is 6.07 Å². The van der Waals surface area contributed by atoms with Gasteiger partial charge in [-0.2, -0.15) is 0 Å². The standard InChI is InChI=1S/C15H22O/c1-13(15-10-6-3-7-11-15)16-12-14-8-4-2-5-9-14/h2,4-5,8-9,13,15H,3,6-7,10-12H2,1H3. The van der Waals surface area contributed by atoms with E-state index in [2.05, 4.69) is 31.2 Å². The maximum Gasteiger partial charge on any atom is 0.0720 e. The van der Waals surface area contributed by atoms with Crippen molar-refractivity contribution < 1.29 is 4.74 Å². The van der Waals surface area contributed by atoms with E-state index in [-0.39, 0.29) is 0 Å². The molecule has 0 N–H and O–H groups in total. The van der Waals surface area contributed by atoms with Gasteiger partial charge >= 0.3 is 0 Å². The molecule has 1 aliphatic rings. The Balaban J connectivity index is 1.76. The summed E-state index contributed by atoms with van der Waals surface area (Å²) in [7, 11) is 0. The molecule has 1 unspecified atom stereocenters. The van der Waals surface area contributed by atoms with Crippen LogP contribution in [0.25, 0.3) is 0 Å². The lowest BCUT2D eigenvalue weighted by Gasteiger charge is -2.27. The summed E-state index contributed by atoms with van der Waals surface area (Å²) in [6, 6.07) is 10.5. The van der Waals surface area contributed by atoms with Crippen molar-refractivity contribution in [2.24, 2.45) is 5.92 Å². The Morgan fingerprint density at radius 1 is 1.12 bits per heavy atom. The molecule has 16 heavy (non-hydrogen) atoms. The van der Waals surface area contributed by atoms with Crippen LogP contribution in [0.5, 0.6) is 0 Å². The van der Waals surface area contributed by atoms with E-state index in [0.717, 1.165) is 12.5 Å². The molecule has 0 bridgehead atoms. The lowest BCUT2D eigenvalue weighted by atomic mass is 9.86. The molecule has 1 aromatic carbocycles. The first-order valence-electron chi connectivity index (χ1n) is 6.52. The van der Waals surface area contributed by atoms with Crippen molar-refractivity contribution in [1.29, 1.82) is 0 Å². The molecule has 1 fully saturated rings. The molecular formula is C15H22O. The summed E-state index contributed by atoms with van der Waals surface area (Å²) in [5.74, 6) is 0.789. The molecule has 88 valence electrons. The van der Waals surface area contributed by atoms with Crippen molar-refractivity contribution in [3.63, 3.8) is 0 Å². The fourth-order valence-electron chi connectivity index (χ4n) is 2.54. The monoisotopic (exact) mass is 218 g/mol. The zero-order chi connectivity index (χ0) is 11.2. The second-order valence-corrected chi connectivity index (χ2v) is 4.90.